The maximum atomic E-state index is 13.1. The van der Waals surface area contributed by atoms with Crippen LogP contribution in [-0.4, -0.2) is 52.3 Å². The normalized spacial score (nSPS) is 22.7. The molecular formula is C21H26N2O3. The van der Waals surface area contributed by atoms with Gasteiger partial charge in [-0.1, -0.05) is 18.2 Å². The van der Waals surface area contributed by atoms with Crippen molar-refractivity contribution in [3.63, 3.8) is 0 Å². The molecule has 0 radical (unpaired) electrons. The van der Waals surface area contributed by atoms with Gasteiger partial charge in [0.1, 0.15) is 0 Å². The molecule has 4 rings (SSSR count). The molecule has 0 bridgehead atoms. The van der Waals surface area contributed by atoms with Crippen molar-refractivity contribution in [3.05, 3.63) is 41.1 Å². The fraction of sp³-hybridized carbons (Fsp3) is 0.524. The largest absolute Gasteiger partial charge is 0.390 e. The quantitative estimate of drug-likeness (QED) is 0.855. The third-order valence-electron chi connectivity index (χ3n) is 5.98. The number of piperidine rings is 1. The van der Waals surface area contributed by atoms with E-state index >= 15 is 0 Å². The zero-order valence-electron chi connectivity index (χ0n) is 15.5. The Hall–Kier alpha value is -1.98. The van der Waals surface area contributed by atoms with Gasteiger partial charge in [0.15, 0.2) is 0 Å². The maximum absolute atomic E-state index is 13.1. The molecule has 26 heavy (non-hydrogen) atoms. The number of likely N-dealkylation sites (tertiary alicyclic amines) is 1. The summed E-state index contributed by atoms with van der Waals surface area (Å²) in [6.45, 7) is 5.87. The summed E-state index contributed by atoms with van der Waals surface area (Å²) >= 11 is 0. The highest BCUT2D eigenvalue weighted by molar-refractivity contribution is 5.99. The van der Waals surface area contributed by atoms with E-state index in [-0.39, 0.29) is 5.91 Å². The molecule has 1 amide bonds. The van der Waals surface area contributed by atoms with Gasteiger partial charge in [-0.05, 0) is 51.2 Å². The van der Waals surface area contributed by atoms with Crippen molar-refractivity contribution < 1.29 is 14.6 Å². The Balaban J connectivity index is 1.55. The van der Waals surface area contributed by atoms with Crippen molar-refractivity contribution in [2.24, 2.45) is 0 Å². The number of fused-ring (bicyclic) bond motifs is 1. The number of aliphatic hydroxyl groups is 1. The molecule has 0 aliphatic carbocycles. The monoisotopic (exact) mass is 354 g/mol. The van der Waals surface area contributed by atoms with Gasteiger partial charge in [0, 0.05) is 25.1 Å². The molecule has 2 aliphatic heterocycles. The molecule has 5 heteroatoms. The predicted octanol–water partition coefficient (Wildman–Crippen LogP) is 3.00. The number of hydrogen-bond acceptors (Lipinski definition) is 4. The van der Waals surface area contributed by atoms with Gasteiger partial charge < -0.3 is 14.7 Å². The van der Waals surface area contributed by atoms with Crippen LogP contribution in [0, 0.1) is 13.8 Å². The lowest BCUT2D eigenvalue weighted by atomic mass is 9.82. The van der Waals surface area contributed by atoms with Crippen LogP contribution < -0.4 is 0 Å². The molecular weight excluding hydrogens is 328 g/mol. The summed E-state index contributed by atoms with van der Waals surface area (Å²) in [5, 5.41) is 11.4. The van der Waals surface area contributed by atoms with Gasteiger partial charge in [-0.2, -0.15) is 0 Å². The van der Waals surface area contributed by atoms with Crippen LogP contribution in [-0.2, 0) is 4.74 Å². The Morgan fingerprint density at radius 2 is 2.08 bits per heavy atom. The Morgan fingerprint density at radius 1 is 1.31 bits per heavy atom. The number of ether oxygens (including phenoxy) is 1. The summed E-state index contributed by atoms with van der Waals surface area (Å²) in [6, 6.07) is 8.00. The molecule has 1 N–H and O–H groups in total. The molecule has 0 saturated carbocycles. The van der Waals surface area contributed by atoms with E-state index in [0.29, 0.717) is 38.1 Å². The summed E-state index contributed by atoms with van der Waals surface area (Å²) in [5.41, 5.74) is 3.06. The smallest absolute Gasteiger partial charge is 0.255 e. The average Bonchev–Trinajstić information content (AvgIpc) is 2.65. The van der Waals surface area contributed by atoms with Crippen LogP contribution in [0.4, 0.5) is 0 Å². The van der Waals surface area contributed by atoms with Crippen LogP contribution in [0.5, 0.6) is 0 Å². The molecule has 2 saturated heterocycles. The highest BCUT2D eigenvalue weighted by Crippen LogP contribution is 2.35. The lowest BCUT2D eigenvalue weighted by molar-refractivity contribution is -0.174. The van der Waals surface area contributed by atoms with E-state index in [1.54, 1.807) is 0 Å². The number of benzene rings is 1. The van der Waals surface area contributed by atoms with Crippen LogP contribution in [0.15, 0.2) is 24.3 Å². The van der Waals surface area contributed by atoms with Gasteiger partial charge >= 0.3 is 0 Å². The second-order valence-electron chi connectivity index (χ2n) is 7.63. The van der Waals surface area contributed by atoms with E-state index in [4.69, 9.17) is 4.74 Å². The number of aryl methyl sites for hydroxylation is 2. The minimum atomic E-state index is -0.456. The van der Waals surface area contributed by atoms with E-state index in [2.05, 4.69) is 4.98 Å². The van der Waals surface area contributed by atoms with Crippen LogP contribution in [0.1, 0.15) is 47.3 Å². The summed E-state index contributed by atoms with van der Waals surface area (Å²) < 4.78 is 5.95. The minimum Gasteiger partial charge on any atom is -0.390 e. The number of carbonyl (C=O) groups excluding carboxylic acids is 1. The molecule has 3 heterocycles. The summed E-state index contributed by atoms with van der Waals surface area (Å²) in [6.07, 6.45) is 2.67. The Bertz CT molecular complexity index is 841. The Kier molecular flexibility index (Phi) is 4.45. The van der Waals surface area contributed by atoms with Gasteiger partial charge in [-0.25, -0.2) is 0 Å². The molecule has 1 atom stereocenters. The van der Waals surface area contributed by atoms with E-state index < -0.39 is 11.7 Å². The lowest BCUT2D eigenvalue weighted by Gasteiger charge is -2.46. The van der Waals surface area contributed by atoms with E-state index in [0.717, 1.165) is 35.0 Å². The predicted molar refractivity (Wildman–Crippen MR) is 100 cm³/mol. The average molecular weight is 354 g/mol. The van der Waals surface area contributed by atoms with Gasteiger partial charge in [-0.3, -0.25) is 9.78 Å². The van der Waals surface area contributed by atoms with Crippen molar-refractivity contribution in [2.45, 2.75) is 51.2 Å². The van der Waals surface area contributed by atoms with Crippen molar-refractivity contribution >= 4 is 16.8 Å². The maximum Gasteiger partial charge on any atom is 0.255 e. The lowest BCUT2D eigenvalue weighted by Crippen LogP contribution is -2.56. The molecule has 5 nitrogen and oxygen atoms in total. The van der Waals surface area contributed by atoms with Crippen molar-refractivity contribution in [3.8, 4) is 0 Å². The third-order valence-corrected chi connectivity index (χ3v) is 5.98. The minimum absolute atomic E-state index is 0.0264. The highest BCUT2D eigenvalue weighted by atomic mass is 16.5. The van der Waals surface area contributed by atoms with Crippen molar-refractivity contribution in [1.29, 1.82) is 0 Å². The zero-order chi connectivity index (χ0) is 18.3. The molecule has 2 aliphatic rings. The molecule has 2 aromatic rings. The van der Waals surface area contributed by atoms with Crippen LogP contribution in [0.25, 0.3) is 10.9 Å². The fourth-order valence-electron chi connectivity index (χ4n) is 4.30. The number of hydrogen-bond donors (Lipinski definition) is 1. The number of rotatable bonds is 1. The van der Waals surface area contributed by atoms with Crippen LogP contribution in [0.3, 0.4) is 0 Å². The molecule has 1 spiro atoms. The molecule has 1 aromatic carbocycles. The van der Waals surface area contributed by atoms with Crippen LogP contribution in [0.2, 0.25) is 0 Å². The van der Waals surface area contributed by atoms with E-state index in [1.165, 1.54) is 0 Å². The van der Waals surface area contributed by atoms with Crippen LogP contribution >= 0.6 is 0 Å². The number of amides is 1. The first-order chi connectivity index (χ1) is 12.5. The highest BCUT2D eigenvalue weighted by Gasteiger charge is 2.44. The summed E-state index contributed by atoms with van der Waals surface area (Å²) in [4.78, 5) is 19.6. The number of pyridine rings is 1. The van der Waals surface area contributed by atoms with Crippen molar-refractivity contribution in [2.75, 3.05) is 19.7 Å². The van der Waals surface area contributed by atoms with E-state index in [9.17, 15) is 9.90 Å². The SMILES string of the molecule is Cc1nc2c(C)cccc2cc1C(=O)N1CCC2(CC1)OCCC[C@H]2O. The first-order valence-corrected chi connectivity index (χ1v) is 9.48. The summed E-state index contributed by atoms with van der Waals surface area (Å²) in [7, 11) is 0. The Labute approximate surface area is 154 Å². The number of carbonyl (C=O) groups is 1. The number of nitrogens with zero attached hydrogens (tertiary/aromatic N) is 2. The third kappa shape index (κ3) is 2.89. The molecule has 138 valence electrons. The Morgan fingerprint density at radius 3 is 2.81 bits per heavy atom. The van der Waals surface area contributed by atoms with Gasteiger partial charge in [0.25, 0.3) is 5.91 Å². The fourth-order valence-corrected chi connectivity index (χ4v) is 4.30. The van der Waals surface area contributed by atoms with Gasteiger partial charge in [0.05, 0.1) is 28.5 Å². The molecule has 1 aromatic heterocycles. The second-order valence-corrected chi connectivity index (χ2v) is 7.63. The van der Waals surface area contributed by atoms with Crippen molar-refractivity contribution in [1.82, 2.24) is 9.88 Å². The number of aromatic nitrogens is 1. The zero-order valence-corrected chi connectivity index (χ0v) is 15.5. The molecule has 0 unspecified atom stereocenters. The number of para-hydroxylation sites is 1. The topological polar surface area (TPSA) is 62.7 Å². The first-order valence-electron chi connectivity index (χ1n) is 9.48. The molecule has 2 fully saturated rings. The standard InChI is InChI=1S/C21H26N2O3/c1-14-5-3-6-16-13-17(15(2)22-19(14)16)20(25)23-10-8-21(9-11-23)18(24)7-4-12-26-21/h3,5-6,13,18,24H,4,7-12H2,1-2H3/t18-/m1/s1. The number of aliphatic hydroxyl groups excluding tert-OH is 1. The summed E-state index contributed by atoms with van der Waals surface area (Å²) in [5.74, 6) is 0.0264. The van der Waals surface area contributed by atoms with Gasteiger partial charge in [0.2, 0.25) is 0 Å². The first kappa shape index (κ1) is 17.4. The van der Waals surface area contributed by atoms with Gasteiger partial charge in [-0.15, -0.1) is 0 Å². The second kappa shape index (κ2) is 6.63. The van der Waals surface area contributed by atoms with E-state index in [1.807, 2.05) is 43.0 Å².